The smallest absolute Gasteiger partial charge is 0.244 e. The molecule has 1 aliphatic rings. The van der Waals surface area contributed by atoms with E-state index < -0.39 is 28.5 Å². The van der Waals surface area contributed by atoms with Gasteiger partial charge in [-0.1, -0.05) is 67.9 Å². The van der Waals surface area contributed by atoms with Crippen molar-refractivity contribution in [3.8, 4) is 11.5 Å². The number of amides is 2. The number of rotatable bonds is 14. The summed E-state index contributed by atoms with van der Waals surface area (Å²) in [5.74, 6) is -0.0351. The quantitative estimate of drug-likeness (QED) is 0.271. The third-order valence-corrected chi connectivity index (χ3v) is 9.24. The summed E-state index contributed by atoms with van der Waals surface area (Å²) in [6.07, 6.45) is 2.00. The lowest BCUT2D eigenvalue weighted by Gasteiger charge is -2.34. The number of sulfonamides is 1. The number of fused-ring (bicyclic) bond motifs is 1. The van der Waals surface area contributed by atoms with Gasteiger partial charge in [0.25, 0.3) is 0 Å². The van der Waals surface area contributed by atoms with E-state index in [0.717, 1.165) is 33.8 Å². The van der Waals surface area contributed by atoms with E-state index in [9.17, 15) is 18.0 Å². The van der Waals surface area contributed by atoms with Gasteiger partial charge in [0, 0.05) is 25.6 Å². The molecule has 0 radical (unpaired) electrons. The summed E-state index contributed by atoms with van der Waals surface area (Å²) in [7, 11) is -3.88. The van der Waals surface area contributed by atoms with Crippen molar-refractivity contribution in [2.24, 2.45) is 0 Å². The summed E-state index contributed by atoms with van der Waals surface area (Å²) in [5, 5.41) is 3.01. The van der Waals surface area contributed by atoms with Gasteiger partial charge in [0.15, 0.2) is 11.5 Å². The molecular formula is C33H41N3O6S. The molecule has 1 atom stereocenters. The van der Waals surface area contributed by atoms with E-state index in [2.05, 4.69) is 5.32 Å². The van der Waals surface area contributed by atoms with E-state index in [1.165, 1.54) is 11.8 Å². The molecule has 9 nitrogen and oxygen atoms in total. The zero-order valence-corrected chi connectivity index (χ0v) is 25.9. The third kappa shape index (κ3) is 8.28. The Morgan fingerprint density at radius 3 is 2.33 bits per heavy atom. The Kier molecular flexibility index (Phi) is 11.1. The molecule has 0 saturated heterocycles. The molecule has 0 bridgehead atoms. The first kappa shape index (κ1) is 31.9. The minimum Gasteiger partial charge on any atom is -0.486 e. The van der Waals surface area contributed by atoms with E-state index >= 15 is 0 Å². The molecule has 2 amide bonds. The van der Waals surface area contributed by atoms with Gasteiger partial charge < -0.3 is 19.7 Å². The van der Waals surface area contributed by atoms with Crippen molar-refractivity contribution in [3.05, 3.63) is 89.5 Å². The summed E-state index contributed by atoms with van der Waals surface area (Å²) >= 11 is 0. The summed E-state index contributed by atoms with van der Waals surface area (Å²) in [4.78, 5) is 29.6. The number of nitrogens with one attached hydrogen (secondary N) is 1. The zero-order valence-electron chi connectivity index (χ0n) is 25.1. The Hall–Kier alpha value is -4.05. The number of hydrogen-bond donors (Lipinski definition) is 1. The van der Waals surface area contributed by atoms with Crippen LogP contribution < -0.4 is 19.1 Å². The second-order valence-electron chi connectivity index (χ2n) is 10.5. The molecule has 0 fully saturated rings. The molecule has 3 aromatic rings. The normalized spacial score (nSPS) is 13.2. The van der Waals surface area contributed by atoms with E-state index in [1.54, 1.807) is 18.2 Å². The summed E-state index contributed by atoms with van der Waals surface area (Å²) in [5.41, 5.74) is 3.03. The molecule has 1 aliphatic heterocycles. The van der Waals surface area contributed by atoms with Crippen molar-refractivity contribution >= 4 is 27.5 Å². The fraction of sp³-hybridized carbons (Fsp3) is 0.394. The summed E-state index contributed by atoms with van der Waals surface area (Å²) in [6.45, 7) is 6.43. The van der Waals surface area contributed by atoms with Crippen molar-refractivity contribution in [2.75, 3.05) is 36.4 Å². The van der Waals surface area contributed by atoms with Gasteiger partial charge in [0.2, 0.25) is 21.8 Å². The number of ether oxygens (including phenoxy) is 2. The predicted octanol–water partition coefficient (Wildman–Crippen LogP) is 4.48. The SMILES string of the molecule is CCCCNC(=O)[C@H](Cc1ccccc1)N(Cc1ccccc1C)C(=O)CN(c1ccc2c(c1)OCCO2)S(=O)(=O)CC. The average molecular weight is 608 g/mol. The topological polar surface area (TPSA) is 105 Å². The third-order valence-electron chi connectivity index (χ3n) is 7.50. The molecule has 0 aliphatic carbocycles. The molecule has 1 N–H and O–H groups in total. The summed E-state index contributed by atoms with van der Waals surface area (Å²) < 4.78 is 39.2. The van der Waals surface area contributed by atoms with Crippen LogP contribution >= 0.6 is 0 Å². The standard InChI is InChI=1S/C33H41N3O6S/c1-4-6-18-34-33(38)29(21-26-13-8-7-9-14-26)35(23-27-15-11-10-12-25(27)3)32(37)24-36(43(39,40)5-2)28-16-17-30-31(22-28)42-20-19-41-30/h7-17,22,29H,4-6,18-21,23-24H2,1-3H3,(H,34,38)/t29-/m0/s1. The van der Waals surface area contributed by atoms with Crippen LogP contribution in [0.15, 0.2) is 72.8 Å². The molecule has 43 heavy (non-hydrogen) atoms. The van der Waals surface area contributed by atoms with Crippen molar-refractivity contribution in [1.82, 2.24) is 10.2 Å². The lowest BCUT2D eigenvalue weighted by molar-refractivity contribution is -0.140. The minimum absolute atomic E-state index is 0.144. The predicted molar refractivity (Wildman–Crippen MR) is 168 cm³/mol. The van der Waals surface area contributed by atoms with Gasteiger partial charge in [-0.2, -0.15) is 0 Å². The molecule has 4 rings (SSSR count). The van der Waals surface area contributed by atoms with Gasteiger partial charge in [-0.05, 0) is 49.1 Å². The van der Waals surface area contributed by atoms with Crippen LogP contribution in [0.5, 0.6) is 11.5 Å². The second kappa shape index (κ2) is 14.9. The van der Waals surface area contributed by atoms with Crippen LogP contribution in [0.2, 0.25) is 0 Å². The van der Waals surface area contributed by atoms with Crippen LogP contribution in [0.1, 0.15) is 43.4 Å². The number of anilines is 1. The molecule has 0 unspecified atom stereocenters. The van der Waals surface area contributed by atoms with Crippen molar-refractivity contribution in [2.45, 2.75) is 52.6 Å². The number of carbonyl (C=O) groups is 2. The number of nitrogens with zero attached hydrogens (tertiary/aromatic N) is 2. The minimum atomic E-state index is -3.88. The highest BCUT2D eigenvalue weighted by atomic mass is 32.2. The lowest BCUT2D eigenvalue weighted by Crippen LogP contribution is -2.53. The van der Waals surface area contributed by atoms with E-state index in [1.807, 2.05) is 68.4 Å². The lowest BCUT2D eigenvalue weighted by atomic mass is 10.0. The van der Waals surface area contributed by atoms with E-state index in [0.29, 0.717) is 36.9 Å². The summed E-state index contributed by atoms with van der Waals surface area (Å²) in [6, 6.07) is 21.2. The zero-order chi connectivity index (χ0) is 30.8. The molecule has 10 heteroatoms. The Balaban J connectivity index is 1.74. The Labute approximate surface area is 254 Å². The Bertz CT molecular complexity index is 1500. The van der Waals surface area contributed by atoms with E-state index in [-0.39, 0.29) is 24.6 Å². The fourth-order valence-electron chi connectivity index (χ4n) is 4.94. The Morgan fingerprint density at radius 1 is 0.930 bits per heavy atom. The number of hydrogen-bond acceptors (Lipinski definition) is 6. The van der Waals surface area contributed by atoms with Crippen molar-refractivity contribution in [1.29, 1.82) is 0 Å². The van der Waals surface area contributed by atoms with Crippen molar-refractivity contribution < 1.29 is 27.5 Å². The molecule has 230 valence electrons. The molecule has 1 heterocycles. The van der Waals surface area contributed by atoms with Crippen LogP contribution in [0.25, 0.3) is 0 Å². The van der Waals surface area contributed by atoms with Gasteiger partial charge in [-0.25, -0.2) is 8.42 Å². The van der Waals surface area contributed by atoms with Gasteiger partial charge in [0.05, 0.1) is 11.4 Å². The first-order valence-corrected chi connectivity index (χ1v) is 16.4. The second-order valence-corrected chi connectivity index (χ2v) is 12.7. The first-order chi connectivity index (χ1) is 20.7. The number of benzene rings is 3. The van der Waals surface area contributed by atoms with Crippen LogP contribution in [-0.4, -0.2) is 63.2 Å². The maximum absolute atomic E-state index is 14.3. The van der Waals surface area contributed by atoms with Gasteiger partial charge in [-0.3, -0.25) is 13.9 Å². The highest BCUT2D eigenvalue weighted by Crippen LogP contribution is 2.35. The molecule has 0 saturated carbocycles. The molecule has 0 spiro atoms. The molecule has 3 aromatic carbocycles. The highest BCUT2D eigenvalue weighted by Gasteiger charge is 2.34. The molecule has 0 aromatic heterocycles. The van der Waals surface area contributed by atoms with Gasteiger partial charge in [-0.15, -0.1) is 0 Å². The maximum atomic E-state index is 14.3. The number of carbonyl (C=O) groups excluding carboxylic acids is 2. The largest absolute Gasteiger partial charge is 0.486 e. The van der Waals surface area contributed by atoms with Crippen molar-refractivity contribution in [3.63, 3.8) is 0 Å². The van der Waals surface area contributed by atoms with Crippen LogP contribution in [0, 0.1) is 6.92 Å². The van der Waals surface area contributed by atoms with Crippen LogP contribution in [0.3, 0.4) is 0 Å². The number of unbranched alkanes of at least 4 members (excludes halogenated alkanes) is 1. The Morgan fingerprint density at radius 2 is 1.63 bits per heavy atom. The van der Waals surface area contributed by atoms with Crippen LogP contribution in [0.4, 0.5) is 5.69 Å². The van der Waals surface area contributed by atoms with Gasteiger partial charge in [0.1, 0.15) is 25.8 Å². The fourth-order valence-corrected chi connectivity index (χ4v) is 5.99. The average Bonchev–Trinajstić information content (AvgIpc) is 3.02. The highest BCUT2D eigenvalue weighted by molar-refractivity contribution is 7.92. The van der Waals surface area contributed by atoms with E-state index in [4.69, 9.17) is 9.47 Å². The maximum Gasteiger partial charge on any atom is 0.244 e. The van der Waals surface area contributed by atoms with Crippen LogP contribution in [-0.2, 0) is 32.6 Å². The molecular weight excluding hydrogens is 566 g/mol. The van der Waals surface area contributed by atoms with Gasteiger partial charge >= 0.3 is 0 Å². The monoisotopic (exact) mass is 607 g/mol. The first-order valence-electron chi connectivity index (χ1n) is 14.8. The number of aryl methyl sites for hydroxylation is 1.